The Bertz CT molecular complexity index is 470. The highest BCUT2D eigenvalue weighted by Crippen LogP contribution is 2.17. The molecule has 1 aliphatic rings. The maximum absolute atomic E-state index is 13.3. The van der Waals surface area contributed by atoms with Gasteiger partial charge in [-0.2, -0.15) is 0 Å². The minimum Gasteiger partial charge on any atom is -0.489 e. The average molecular weight is 333 g/mol. The van der Waals surface area contributed by atoms with Crippen LogP contribution in [0.2, 0.25) is 0 Å². The van der Waals surface area contributed by atoms with Gasteiger partial charge >= 0.3 is 0 Å². The fourth-order valence-electron chi connectivity index (χ4n) is 2.30. The minimum atomic E-state index is -0.526. The van der Waals surface area contributed by atoms with Gasteiger partial charge < -0.3 is 20.5 Å². The standard InChI is InChI=1S/C15H21FN2O3.ClH/c16-12-3-1-2-4-13(12)21-10-7-18-15(19)14(17)11-5-8-20-9-6-11;/h1-4,11,14H,5-10,17H2,(H,18,19);1H. The van der Waals surface area contributed by atoms with Crippen molar-refractivity contribution in [3.63, 3.8) is 0 Å². The molecule has 1 aromatic carbocycles. The first kappa shape index (κ1) is 18.7. The molecule has 0 radical (unpaired) electrons. The average Bonchev–Trinajstić information content (AvgIpc) is 2.53. The van der Waals surface area contributed by atoms with E-state index in [1.807, 2.05) is 0 Å². The summed E-state index contributed by atoms with van der Waals surface area (Å²) in [4.78, 5) is 11.9. The van der Waals surface area contributed by atoms with Crippen LogP contribution in [0.15, 0.2) is 24.3 Å². The Labute approximate surface area is 135 Å². The molecule has 0 saturated carbocycles. The number of carbonyl (C=O) groups is 1. The van der Waals surface area contributed by atoms with E-state index in [2.05, 4.69) is 5.32 Å². The number of hydrogen-bond donors (Lipinski definition) is 2. The summed E-state index contributed by atoms with van der Waals surface area (Å²) in [5.74, 6) is -0.270. The van der Waals surface area contributed by atoms with E-state index < -0.39 is 11.9 Å². The summed E-state index contributed by atoms with van der Waals surface area (Å²) in [6.07, 6.45) is 1.61. The number of amides is 1. The van der Waals surface area contributed by atoms with Crippen LogP contribution in [-0.4, -0.2) is 38.3 Å². The lowest BCUT2D eigenvalue weighted by molar-refractivity contribution is -0.124. The van der Waals surface area contributed by atoms with Crippen LogP contribution in [0.3, 0.4) is 0 Å². The molecule has 7 heteroatoms. The summed E-state index contributed by atoms with van der Waals surface area (Å²) in [7, 11) is 0. The Balaban J connectivity index is 0.00000242. The predicted molar refractivity (Wildman–Crippen MR) is 83.7 cm³/mol. The molecule has 1 atom stereocenters. The Morgan fingerprint density at radius 3 is 2.77 bits per heavy atom. The highest BCUT2D eigenvalue weighted by molar-refractivity contribution is 5.85. The number of hydrogen-bond acceptors (Lipinski definition) is 4. The van der Waals surface area contributed by atoms with Gasteiger partial charge in [-0.3, -0.25) is 4.79 Å². The fourth-order valence-corrected chi connectivity index (χ4v) is 2.30. The molecule has 0 bridgehead atoms. The molecule has 5 nitrogen and oxygen atoms in total. The number of ether oxygens (including phenoxy) is 2. The van der Waals surface area contributed by atoms with Crippen molar-refractivity contribution in [3.8, 4) is 5.75 Å². The number of halogens is 2. The lowest BCUT2D eigenvalue weighted by Gasteiger charge is -2.26. The SMILES string of the molecule is Cl.NC(C(=O)NCCOc1ccccc1F)C1CCOCC1. The van der Waals surface area contributed by atoms with Crippen LogP contribution < -0.4 is 15.8 Å². The molecular weight excluding hydrogens is 311 g/mol. The molecule has 3 N–H and O–H groups in total. The third-order valence-corrected chi connectivity index (χ3v) is 3.57. The molecule has 2 rings (SSSR count). The topological polar surface area (TPSA) is 73.6 Å². The maximum Gasteiger partial charge on any atom is 0.237 e. The summed E-state index contributed by atoms with van der Waals surface area (Å²) in [5.41, 5.74) is 5.94. The molecule has 22 heavy (non-hydrogen) atoms. The van der Waals surface area contributed by atoms with Gasteiger partial charge in [-0.1, -0.05) is 12.1 Å². The first-order chi connectivity index (χ1) is 10.2. The number of carbonyl (C=O) groups excluding carboxylic acids is 1. The van der Waals surface area contributed by atoms with Crippen LogP contribution >= 0.6 is 12.4 Å². The zero-order valence-electron chi connectivity index (χ0n) is 12.3. The second-order valence-electron chi connectivity index (χ2n) is 5.05. The normalized spacial score (nSPS) is 16.5. The van der Waals surface area contributed by atoms with E-state index in [4.69, 9.17) is 15.2 Å². The molecule has 1 unspecified atom stereocenters. The lowest BCUT2D eigenvalue weighted by Crippen LogP contribution is -2.47. The quantitative estimate of drug-likeness (QED) is 0.774. The van der Waals surface area contributed by atoms with Gasteiger partial charge in [0, 0.05) is 13.2 Å². The molecule has 0 aromatic heterocycles. The van der Waals surface area contributed by atoms with Crippen molar-refractivity contribution in [3.05, 3.63) is 30.1 Å². The van der Waals surface area contributed by atoms with Gasteiger partial charge in [-0.15, -0.1) is 12.4 Å². The van der Waals surface area contributed by atoms with Crippen molar-refractivity contribution in [2.45, 2.75) is 18.9 Å². The molecule has 0 aliphatic carbocycles. The maximum atomic E-state index is 13.3. The van der Waals surface area contributed by atoms with Crippen LogP contribution in [0.4, 0.5) is 4.39 Å². The number of rotatable bonds is 6. The van der Waals surface area contributed by atoms with E-state index >= 15 is 0 Å². The van der Waals surface area contributed by atoms with E-state index in [9.17, 15) is 9.18 Å². The van der Waals surface area contributed by atoms with Crippen molar-refractivity contribution in [1.82, 2.24) is 5.32 Å². The highest BCUT2D eigenvalue weighted by atomic mass is 35.5. The van der Waals surface area contributed by atoms with Crippen LogP contribution in [0, 0.1) is 11.7 Å². The first-order valence-electron chi connectivity index (χ1n) is 7.17. The monoisotopic (exact) mass is 332 g/mol. The van der Waals surface area contributed by atoms with Gasteiger partial charge in [0.25, 0.3) is 0 Å². The van der Waals surface area contributed by atoms with Gasteiger partial charge in [-0.05, 0) is 30.9 Å². The van der Waals surface area contributed by atoms with Crippen molar-refractivity contribution in [1.29, 1.82) is 0 Å². The van der Waals surface area contributed by atoms with Crippen molar-refractivity contribution in [2.75, 3.05) is 26.4 Å². The van der Waals surface area contributed by atoms with Crippen molar-refractivity contribution in [2.24, 2.45) is 11.7 Å². The van der Waals surface area contributed by atoms with Crippen LogP contribution in [0.1, 0.15) is 12.8 Å². The first-order valence-corrected chi connectivity index (χ1v) is 7.17. The third kappa shape index (κ3) is 5.44. The van der Waals surface area contributed by atoms with Gasteiger partial charge in [0.15, 0.2) is 11.6 Å². The summed E-state index contributed by atoms with van der Waals surface area (Å²) < 4.78 is 23.8. The van der Waals surface area contributed by atoms with Gasteiger partial charge in [0.1, 0.15) is 6.61 Å². The highest BCUT2D eigenvalue weighted by Gasteiger charge is 2.26. The summed E-state index contributed by atoms with van der Waals surface area (Å²) >= 11 is 0. The van der Waals surface area contributed by atoms with E-state index in [0.29, 0.717) is 19.8 Å². The van der Waals surface area contributed by atoms with E-state index in [0.717, 1.165) is 12.8 Å². The Morgan fingerprint density at radius 2 is 2.09 bits per heavy atom. The predicted octanol–water partition coefficient (Wildman–Crippen LogP) is 1.50. The fraction of sp³-hybridized carbons (Fsp3) is 0.533. The largest absolute Gasteiger partial charge is 0.489 e. The Hall–Kier alpha value is -1.37. The molecule has 1 aliphatic heterocycles. The number of nitrogens with two attached hydrogens (primary N) is 1. The molecule has 1 saturated heterocycles. The van der Waals surface area contributed by atoms with Gasteiger partial charge in [0.05, 0.1) is 12.6 Å². The van der Waals surface area contributed by atoms with Crippen molar-refractivity contribution < 1.29 is 18.7 Å². The smallest absolute Gasteiger partial charge is 0.237 e. The lowest BCUT2D eigenvalue weighted by atomic mass is 9.92. The zero-order chi connectivity index (χ0) is 15.1. The van der Waals surface area contributed by atoms with Crippen LogP contribution in [0.5, 0.6) is 5.75 Å². The summed E-state index contributed by atoms with van der Waals surface area (Å²) in [6.45, 7) is 1.81. The second kappa shape index (κ2) is 9.61. The summed E-state index contributed by atoms with van der Waals surface area (Å²) in [5, 5.41) is 2.72. The Kier molecular flexibility index (Phi) is 8.16. The van der Waals surface area contributed by atoms with Gasteiger partial charge in [0.2, 0.25) is 5.91 Å². The van der Waals surface area contributed by atoms with E-state index in [-0.39, 0.29) is 36.6 Å². The second-order valence-corrected chi connectivity index (χ2v) is 5.05. The molecular formula is C15H22ClFN2O3. The molecule has 0 spiro atoms. The van der Waals surface area contributed by atoms with Crippen molar-refractivity contribution >= 4 is 18.3 Å². The Morgan fingerprint density at radius 1 is 1.41 bits per heavy atom. The van der Waals surface area contributed by atoms with E-state index in [1.165, 1.54) is 6.07 Å². The molecule has 124 valence electrons. The molecule has 1 amide bonds. The number of para-hydroxylation sites is 1. The molecule has 1 fully saturated rings. The minimum absolute atomic E-state index is 0. The third-order valence-electron chi connectivity index (χ3n) is 3.57. The molecule has 1 aromatic rings. The number of benzene rings is 1. The molecule has 1 heterocycles. The van der Waals surface area contributed by atoms with E-state index in [1.54, 1.807) is 18.2 Å². The number of nitrogens with one attached hydrogen (secondary N) is 1. The van der Waals surface area contributed by atoms with Crippen LogP contribution in [-0.2, 0) is 9.53 Å². The van der Waals surface area contributed by atoms with Gasteiger partial charge in [-0.25, -0.2) is 4.39 Å². The zero-order valence-corrected chi connectivity index (χ0v) is 13.1. The van der Waals surface area contributed by atoms with Crippen LogP contribution in [0.25, 0.3) is 0 Å². The summed E-state index contributed by atoms with van der Waals surface area (Å²) in [6, 6.07) is 5.64.